The van der Waals surface area contributed by atoms with Crippen LogP contribution in [-0.2, 0) is 4.74 Å². The molecule has 2 aromatic heterocycles. The van der Waals surface area contributed by atoms with E-state index < -0.39 is 5.60 Å². The highest BCUT2D eigenvalue weighted by atomic mass is 16.6. The molecule has 0 radical (unpaired) electrons. The number of pyridine rings is 1. The van der Waals surface area contributed by atoms with Crippen LogP contribution in [0.15, 0.2) is 48.8 Å². The lowest BCUT2D eigenvalue weighted by Crippen LogP contribution is -2.55. The second-order valence-electron chi connectivity index (χ2n) is 7.98. The molecule has 1 amide bonds. The summed E-state index contributed by atoms with van der Waals surface area (Å²) in [7, 11) is 0. The Balaban J connectivity index is 1.43. The van der Waals surface area contributed by atoms with Crippen LogP contribution in [0.5, 0.6) is 0 Å². The lowest BCUT2D eigenvalue weighted by molar-refractivity contribution is -0.00276. The predicted molar refractivity (Wildman–Crippen MR) is 109 cm³/mol. The van der Waals surface area contributed by atoms with Gasteiger partial charge in [-0.05, 0) is 51.5 Å². The molecule has 146 valence electrons. The average molecular weight is 379 g/mol. The number of carbonyl (C=O) groups is 1. The fourth-order valence-corrected chi connectivity index (χ4v) is 3.23. The summed E-state index contributed by atoms with van der Waals surface area (Å²) in [6, 6.07) is 13.9. The Morgan fingerprint density at radius 1 is 1.21 bits per heavy atom. The first-order valence-electron chi connectivity index (χ1n) is 9.54. The third kappa shape index (κ3) is 3.78. The summed E-state index contributed by atoms with van der Waals surface area (Å²) < 4.78 is 7.44. The monoisotopic (exact) mass is 379 g/mol. The second-order valence-corrected chi connectivity index (χ2v) is 7.98. The number of anilines is 1. The van der Waals surface area contributed by atoms with Gasteiger partial charge in [-0.15, -0.1) is 0 Å². The van der Waals surface area contributed by atoms with Crippen molar-refractivity contribution in [2.75, 3.05) is 18.4 Å². The zero-order valence-electron chi connectivity index (χ0n) is 16.4. The van der Waals surface area contributed by atoms with Crippen LogP contribution in [0.4, 0.5) is 10.6 Å². The molecule has 7 nitrogen and oxygen atoms in total. The van der Waals surface area contributed by atoms with Crippen LogP contribution in [0, 0.1) is 0 Å². The van der Waals surface area contributed by atoms with Gasteiger partial charge in [0.25, 0.3) is 0 Å². The molecule has 4 rings (SSSR count). The van der Waals surface area contributed by atoms with Crippen molar-refractivity contribution in [1.29, 1.82) is 0 Å². The van der Waals surface area contributed by atoms with E-state index in [2.05, 4.69) is 10.3 Å². The standard InChI is InChI=1S/C21H25N5O2/c1-21(2,3)28-20(27)25-12-11-15(25)13-22-18-9-6-10-19(24-18)26-14-23-16-7-4-5-8-17(16)26/h4-10,14-15H,11-13H2,1-3H3,(H,22,24). The molecule has 0 spiro atoms. The molecule has 1 fully saturated rings. The van der Waals surface area contributed by atoms with Crippen molar-refractivity contribution in [1.82, 2.24) is 19.4 Å². The molecule has 7 heteroatoms. The molecule has 1 aromatic carbocycles. The molecule has 1 saturated heterocycles. The van der Waals surface area contributed by atoms with E-state index in [9.17, 15) is 4.79 Å². The second kappa shape index (κ2) is 7.14. The van der Waals surface area contributed by atoms with Gasteiger partial charge in [0.05, 0.1) is 17.1 Å². The number of nitrogens with zero attached hydrogens (tertiary/aromatic N) is 4. The lowest BCUT2D eigenvalue weighted by atomic mass is 10.0. The highest BCUT2D eigenvalue weighted by Crippen LogP contribution is 2.22. The van der Waals surface area contributed by atoms with Crippen LogP contribution in [0.2, 0.25) is 0 Å². The topological polar surface area (TPSA) is 72.3 Å². The molecule has 3 aromatic rings. The minimum Gasteiger partial charge on any atom is -0.444 e. The minimum absolute atomic E-state index is 0.120. The Bertz CT molecular complexity index is 992. The minimum atomic E-state index is -0.478. The van der Waals surface area contributed by atoms with E-state index in [1.807, 2.05) is 67.8 Å². The highest BCUT2D eigenvalue weighted by Gasteiger charge is 2.35. The summed E-state index contributed by atoms with van der Waals surface area (Å²) >= 11 is 0. The number of aromatic nitrogens is 3. The molecule has 1 atom stereocenters. The van der Waals surface area contributed by atoms with Gasteiger partial charge in [-0.25, -0.2) is 14.8 Å². The summed E-state index contributed by atoms with van der Waals surface area (Å²) in [5.41, 5.74) is 1.47. The normalized spacial score (nSPS) is 16.7. The Morgan fingerprint density at radius 3 is 2.79 bits per heavy atom. The molecule has 28 heavy (non-hydrogen) atoms. The van der Waals surface area contributed by atoms with Crippen molar-refractivity contribution in [2.45, 2.75) is 38.8 Å². The van der Waals surface area contributed by atoms with Crippen LogP contribution < -0.4 is 5.32 Å². The third-order valence-electron chi connectivity index (χ3n) is 4.73. The van der Waals surface area contributed by atoms with E-state index >= 15 is 0 Å². The van der Waals surface area contributed by atoms with Crippen LogP contribution >= 0.6 is 0 Å². The number of amides is 1. The van der Waals surface area contributed by atoms with Gasteiger partial charge in [0.1, 0.15) is 23.6 Å². The highest BCUT2D eigenvalue weighted by molar-refractivity contribution is 5.76. The summed E-state index contributed by atoms with van der Waals surface area (Å²) in [6.07, 6.45) is 2.49. The number of likely N-dealkylation sites (tertiary alicyclic amines) is 1. The van der Waals surface area contributed by atoms with Crippen molar-refractivity contribution in [2.24, 2.45) is 0 Å². The number of benzene rings is 1. The van der Waals surface area contributed by atoms with Crippen molar-refractivity contribution in [3.8, 4) is 5.82 Å². The van der Waals surface area contributed by atoms with Crippen LogP contribution in [0.25, 0.3) is 16.9 Å². The Labute approximate surface area is 164 Å². The number of imidazole rings is 1. The molecule has 1 aliphatic heterocycles. The maximum Gasteiger partial charge on any atom is 0.410 e. The first kappa shape index (κ1) is 18.3. The van der Waals surface area contributed by atoms with Gasteiger partial charge < -0.3 is 15.0 Å². The number of fused-ring (bicyclic) bond motifs is 1. The molecule has 0 aliphatic carbocycles. The van der Waals surface area contributed by atoms with Gasteiger partial charge >= 0.3 is 6.09 Å². The van der Waals surface area contributed by atoms with E-state index in [0.717, 1.165) is 35.6 Å². The molecule has 1 N–H and O–H groups in total. The predicted octanol–water partition coefficient (Wildman–Crippen LogP) is 3.84. The van der Waals surface area contributed by atoms with Crippen molar-refractivity contribution < 1.29 is 9.53 Å². The van der Waals surface area contributed by atoms with Crippen molar-refractivity contribution >= 4 is 22.9 Å². The van der Waals surface area contributed by atoms with Gasteiger partial charge in [0.15, 0.2) is 0 Å². The largest absolute Gasteiger partial charge is 0.444 e. The van der Waals surface area contributed by atoms with Gasteiger partial charge in [0.2, 0.25) is 0 Å². The smallest absolute Gasteiger partial charge is 0.410 e. The number of rotatable bonds is 4. The van der Waals surface area contributed by atoms with E-state index in [-0.39, 0.29) is 12.1 Å². The fraction of sp³-hybridized carbons (Fsp3) is 0.381. The van der Waals surface area contributed by atoms with Crippen LogP contribution in [-0.4, -0.2) is 50.3 Å². The van der Waals surface area contributed by atoms with Crippen molar-refractivity contribution in [3.63, 3.8) is 0 Å². The zero-order chi connectivity index (χ0) is 19.7. The number of hydrogen-bond donors (Lipinski definition) is 1. The number of carbonyl (C=O) groups excluding carboxylic acids is 1. The fourth-order valence-electron chi connectivity index (χ4n) is 3.23. The van der Waals surface area contributed by atoms with Gasteiger partial charge in [-0.3, -0.25) is 4.57 Å². The average Bonchev–Trinajstić information content (AvgIpc) is 3.03. The van der Waals surface area contributed by atoms with Gasteiger partial charge in [-0.1, -0.05) is 18.2 Å². The van der Waals surface area contributed by atoms with E-state index in [1.165, 1.54) is 0 Å². The maximum absolute atomic E-state index is 12.2. The Kier molecular flexibility index (Phi) is 4.66. The first-order valence-corrected chi connectivity index (χ1v) is 9.54. The van der Waals surface area contributed by atoms with E-state index in [0.29, 0.717) is 6.54 Å². The van der Waals surface area contributed by atoms with Crippen molar-refractivity contribution in [3.05, 3.63) is 48.8 Å². The van der Waals surface area contributed by atoms with Crippen LogP contribution in [0.1, 0.15) is 27.2 Å². The van der Waals surface area contributed by atoms with E-state index in [1.54, 1.807) is 11.2 Å². The SMILES string of the molecule is CC(C)(C)OC(=O)N1CCC1CNc1cccc(-n2cnc3ccccc32)n1. The molecule has 0 saturated carbocycles. The quantitative estimate of drug-likeness (QED) is 0.746. The molecular weight excluding hydrogens is 354 g/mol. The summed E-state index contributed by atoms with van der Waals surface area (Å²) in [6.45, 7) is 7.02. The Hall–Kier alpha value is -3.09. The number of nitrogens with one attached hydrogen (secondary N) is 1. The molecule has 0 bridgehead atoms. The van der Waals surface area contributed by atoms with Crippen LogP contribution in [0.3, 0.4) is 0 Å². The third-order valence-corrected chi connectivity index (χ3v) is 4.73. The van der Waals surface area contributed by atoms with Gasteiger partial charge in [-0.2, -0.15) is 0 Å². The molecule has 3 heterocycles. The molecular formula is C21H25N5O2. The zero-order valence-corrected chi connectivity index (χ0v) is 16.4. The number of hydrogen-bond acceptors (Lipinski definition) is 5. The molecule has 1 aliphatic rings. The summed E-state index contributed by atoms with van der Waals surface area (Å²) in [4.78, 5) is 23.1. The maximum atomic E-state index is 12.2. The summed E-state index contributed by atoms with van der Waals surface area (Å²) in [5.74, 6) is 1.57. The summed E-state index contributed by atoms with van der Waals surface area (Å²) in [5, 5.41) is 3.35. The van der Waals surface area contributed by atoms with E-state index in [4.69, 9.17) is 9.72 Å². The lowest BCUT2D eigenvalue weighted by Gasteiger charge is -2.41. The molecule has 1 unspecified atom stereocenters. The number of ether oxygens (including phenoxy) is 1. The first-order chi connectivity index (χ1) is 13.4. The van der Waals surface area contributed by atoms with Gasteiger partial charge in [0, 0.05) is 13.1 Å². The Morgan fingerprint density at radius 2 is 2.04 bits per heavy atom. The number of para-hydroxylation sites is 2.